The van der Waals surface area contributed by atoms with Gasteiger partial charge in [-0.25, -0.2) is 19.2 Å². The maximum Gasteiger partial charge on any atom is 0.331 e. The fourth-order valence-corrected chi connectivity index (χ4v) is 14.2. The van der Waals surface area contributed by atoms with E-state index < -0.39 is 99.9 Å². The number of aliphatic carboxylic acids is 1. The van der Waals surface area contributed by atoms with Gasteiger partial charge >= 0.3 is 35.8 Å². The topological polar surface area (TPSA) is 449 Å². The zero-order valence-corrected chi connectivity index (χ0v) is 83.8. The van der Waals surface area contributed by atoms with Crippen molar-refractivity contribution in [3.05, 3.63) is 252 Å². The highest BCUT2D eigenvalue weighted by Crippen LogP contribution is 2.27. The van der Waals surface area contributed by atoms with E-state index in [4.69, 9.17) is 28.4 Å². The Kier molecular flexibility index (Phi) is 56.6. The third-order valence-electron chi connectivity index (χ3n) is 22.4. The van der Waals surface area contributed by atoms with E-state index >= 15 is 0 Å². The molecule has 11 N–H and O–H groups in total. The Bertz CT molecular complexity index is 5720. The van der Waals surface area contributed by atoms with Crippen molar-refractivity contribution in [3.63, 3.8) is 0 Å². The molecule has 3 aliphatic rings. The Labute approximate surface area is 852 Å². The number of amides is 7. The number of benzene rings is 7. The van der Waals surface area contributed by atoms with E-state index in [1.807, 2.05) is 207 Å². The fourth-order valence-electron chi connectivity index (χ4n) is 14.2. The average Bonchev–Trinajstić information content (AvgIpc) is 1.60. The molecule has 10 radical (unpaired) electrons. The van der Waals surface area contributed by atoms with Gasteiger partial charge < -0.3 is 99.9 Å². The molecule has 37 heteroatoms. The zero-order chi connectivity index (χ0) is 103. The number of para-hydroxylation sites is 4. The maximum absolute atomic E-state index is 13.2. The van der Waals surface area contributed by atoms with Crippen molar-refractivity contribution in [2.45, 2.75) is 228 Å². The number of ether oxygens (including phenoxy) is 7. The van der Waals surface area contributed by atoms with Crippen molar-refractivity contribution in [2.75, 3.05) is 60.8 Å². The van der Waals surface area contributed by atoms with Gasteiger partial charge in [0, 0.05) is 201 Å². The number of H-pyrrole nitrogens is 4. The molecule has 0 aliphatic carbocycles. The van der Waals surface area contributed by atoms with E-state index in [1.54, 1.807) is 61.8 Å². The lowest BCUT2D eigenvalue weighted by Gasteiger charge is -2.31. The van der Waals surface area contributed by atoms with Crippen LogP contribution in [-0.4, -0.2) is 252 Å². The molecule has 7 heterocycles. The number of hydrogen-bond donors (Lipinski definition) is 11. The van der Waals surface area contributed by atoms with Crippen molar-refractivity contribution in [3.8, 4) is 0 Å². The summed E-state index contributed by atoms with van der Waals surface area (Å²) >= 11 is 0. The van der Waals surface area contributed by atoms with Gasteiger partial charge in [-0.1, -0.05) is 179 Å². The summed E-state index contributed by atoms with van der Waals surface area (Å²) in [5, 5.41) is 29.6. The van der Waals surface area contributed by atoms with Crippen molar-refractivity contribution >= 4 is 154 Å². The molecule has 768 valence electrons. The van der Waals surface area contributed by atoms with Gasteiger partial charge in [-0.3, -0.25) is 43.2 Å². The molecule has 4 aromatic heterocycles. The molecule has 0 saturated carbocycles. The number of aromatic amines is 4. The number of hydrogen-bond acceptors (Lipinski definition) is 21. The Balaban J connectivity index is 0.000000595. The molecule has 144 heavy (non-hydrogen) atoms. The quantitative estimate of drug-likeness (QED) is 0.00632. The van der Waals surface area contributed by atoms with Crippen molar-refractivity contribution in [1.29, 1.82) is 0 Å². The van der Waals surface area contributed by atoms with Crippen LogP contribution in [0.1, 0.15) is 175 Å². The standard InChI is InChI=1S/C25H29N3O4.C23H25N3O4.C23H27N3O3.C18H23N3O4.C4H6O3.3C4H8O.2CH4.B2.2B/c1-17(29)28(4)22(14-19-15-26-21-13-9-8-12-20(19)21)23(30)27-25(2,3)24(31)32-16-18-10-6-5-7-11-18;1-23(2,22(29)30-14-16-8-4-3-5-9-16)26-21(28)20(25-15-27)12-17-13-24-19-11-7-6-10-18(17)19;1-23(2,22(28)29-15-16-9-5-4-6-10-16)26-21(27)20(24-3)13-17-14-25-19-12-8-7-11-18(17)19;1-11(22)21(4)15(16(23)20-18(2,3)17(24)25)9-12-10-19-14-8-6-5-7-13(12)14;1-3(5)7-4(2)6;3*1-2-4-5-3-1;;;1-2;;/h5-13,15,22,26H,14,16H2,1-4H3,(H,27,30);3-11,13,15,20,24H,12,14H2,1-2H3,(H,25,27)(H,26,28);4-12,14,20,24-25H,13,15H2,1-3H3,(H,26,27);5-8,10,15,19H,9H2,1-4H3,(H,20,23)(H,24,25);1-2H3;3*1-4H2;2*1H4;;;/t22-;2*20-;15-;;;;;;;;;/m1111........./s1. The predicted octanol–water partition coefficient (Wildman–Crippen LogP) is 12.4. The van der Waals surface area contributed by atoms with Gasteiger partial charge in [0.1, 0.15) is 60.1 Å². The minimum Gasteiger partial charge on any atom is -0.480 e. The molecule has 4 atom stereocenters. The Morgan fingerprint density at radius 1 is 0.382 bits per heavy atom. The Hall–Kier alpha value is -13.9. The van der Waals surface area contributed by atoms with Crippen LogP contribution in [0.4, 0.5) is 0 Å². The minimum atomic E-state index is -1.42. The number of esters is 5. The maximum atomic E-state index is 13.2. The van der Waals surface area contributed by atoms with Gasteiger partial charge in [0.25, 0.3) is 0 Å². The summed E-state index contributed by atoms with van der Waals surface area (Å²) in [5.74, 6) is -6.00. The second-order valence-corrected chi connectivity index (χ2v) is 35.2. The van der Waals surface area contributed by atoms with E-state index in [1.165, 1.54) is 96.9 Å². The van der Waals surface area contributed by atoms with E-state index in [-0.39, 0.29) is 82.1 Å². The molecule has 7 aromatic carbocycles. The van der Waals surface area contributed by atoms with Crippen LogP contribution in [0, 0.1) is 0 Å². The number of carbonyl (C=O) groups is 13. The number of nitrogens with zero attached hydrogens (tertiary/aromatic N) is 2. The third kappa shape index (κ3) is 42.3. The lowest BCUT2D eigenvalue weighted by molar-refractivity contribution is -0.157. The minimum absolute atomic E-state index is 0. The van der Waals surface area contributed by atoms with Gasteiger partial charge in [0.15, 0.2) is 0 Å². The number of carbonyl (C=O) groups excluding carboxylic acids is 12. The number of carboxylic acid groups (broad SMARTS) is 1. The van der Waals surface area contributed by atoms with E-state index in [9.17, 15) is 67.4 Å². The number of aromatic nitrogens is 4. The first-order chi connectivity index (χ1) is 66.7. The number of likely N-dealkylation sites (N-methyl/N-ethyl adjacent to an activating group) is 3. The lowest BCUT2D eigenvalue weighted by Crippen LogP contribution is -2.57. The summed E-state index contributed by atoms with van der Waals surface area (Å²) in [5.41, 5.74) is 5.14. The Morgan fingerprint density at radius 2 is 0.625 bits per heavy atom. The summed E-state index contributed by atoms with van der Waals surface area (Å²) in [6.45, 7) is 24.0. The largest absolute Gasteiger partial charge is 0.480 e. The van der Waals surface area contributed by atoms with Crippen molar-refractivity contribution in [1.82, 2.24) is 61.6 Å². The fraction of sp³-hybridized carbons (Fsp3) is 0.411. The van der Waals surface area contributed by atoms with Gasteiger partial charge in [-0.15, -0.1) is 0 Å². The summed E-state index contributed by atoms with van der Waals surface area (Å²) < 4.78 is 35.0. The highest BCUT2D eigenvalue weighted by molar-refractivity contribution is 6.75. The normalized spacial score (nSPS) is 12.9. The zero-order valence-electron chi connectivity index (χ0n) is 83.8. The van der Waals surface area contributed by atoms with Crippen LogP contribution < -0.4 is 31.9 Å². The van der Waals surface area contributed by atoms with Gasteiger partial charge in [0.05, 0.1) is 6.04 Å². The summed E-state index contributed by atoms with van der Waals surface area (Å²) in [7, 11) is 12.9. The molecule has 3 aliphatic heterocycles. The highest BCUT2D eigenvalue weighted by atomic mass is 16.6. The number of carboxylic acids is 1. The molecule has 7 amide bonds. The first-order valence-corrected chi connectivity index (χ1v) is 46.2. The summed E-state index contributed by atoms with van der Waals surface area (Å²) in [6, 6.07) is 56.3. The van der Waals surface area contributed by atoms with Crippen LogP contribution in [-0.2, 0) is 141 Å². The molecule has 14 rings (SSSR count). The van der Waals surface area contributed by atoms with Gasteiger partial charge in [-0.05, 0) is 171 Å². The number of nitrogens with one attached hydrogen (secondary N) is 10. The summed E-state index contributed by atoms with van der Waals surface area (Å²) in [6.07, 6.45) is 16.9. The van der Waals surface area contributed by atoms with E-state index in [2.05, 4.69) is 72.0 Å². The second-order valence-electron chi connectivity index (χ2n) is 35.2. The van der Waals surface area contributed by atoms with Crippen LogP contribution in [0.3, 0.4) is 0 Å². The van der Waals surface area contributed by atoms with E-state index in [0.717, 1.165) is 122 Å². The molecule has 0 spiro atoms. The smallest absolute Gasteiger partial charge is 0.331 e. The van der Waals surface area contributed by atoms with Crippen LogP contribution in [0.5, 0.6) is 0 Å². The molecule has 3 saturated heterocycles. The van der Waals surface area contributed by atoms with Crippen LogP contribution in [0.25, 0.3) is 43.6 Å². The predicted molar refractivity (Wildman–Crippen MR) is 563 cm³/mol. The first-order valence-electron chi connectivity index (χ1n) is 46.2. The van der Waals surface area contributed by atoms with Crippen molar-refractivity contribution in [2.24, 2.45) is 0 Å². The van der Waals surface area contributed by atoms with Gasteiger partial charge in [-0.2, -0.15) is 0 Å². The van der Waals surface area contributed by atoms with Crippen LogP contribution >= 0.6 is 0 Å². The molecule has 0 unspecified atom stereocenters. The molecular formula is C107H142B4N12O21. The van der Waals surface area contributed by atoms with E-state index in [0.29, 0.717) is 19.3 Å². The third-order valence-corrected chi connectivity index (χ3v) is 22.4. The SMILES string of the molecule is C.C.C1CCOC1.C1CCOC1.C1CCOC1.CC(=O)N(C)[C@H](Cc1c[nH]c2ccccc12)C(=O)NC(C)(C)C(=O)O.CC(=O)N(C)[C@H](Cc1c[nH]c2ccccc12)C(=O)NC(C)(C)C(=O)OCc1ccccc1.CC(=O)OC(C)=O.CC(C)(NC(=O)[C@@H](Cc1c[nH]c2ccccc12)NC=O)C(=O)OCc1ccccc1.CN[C@H](Cc1c[nH]c2ccccc12)C(=O)NC(C)(C)C(=O)OCc1ccccc1.[B].[B].[B][B]. The lowest BCUT2D eigenvalue weighted by atomic mass is 9.81. The highest BCUT2D eigenvalue weighted by Gasteiger charge is 2.39. The van der Waals surface area contributed by atoms with Crippen LogP contribution in [0.2, 0.25) is 0 Å². The first kappa shape index (κ1) is 126. The molecule has 11 aromatic rings. The number of rotatable bonds is 31. The van der Waals surface area contributed by atoms with Gasteiger partial charge in [0.2, 0.25) is 41.9 Å². The van der Waals surface area contributed by atoms with Crippen molar-refractivity contribution < 1.29 is 101 Å². The summed E-state index contributed by atoms with van der Waals surface area (Å²) in [4.78, 5) is 171. The second kappa shape index (κ2) is 64.6. The number of fused-ring (bicyclic) bond motifs is 4. The average molecular weight is 1980 g/mol. The molecule has 3 fully saturated rings. The molecule has 33 nitrogen and oxygen atoms in total. The molecule has 0 bridgehead atoms. The monoisotopic (exact) mass is 1980 g/mol. The Morgan fingerprint density at radius 3 is 0.861 bits per heavy atom. The van der Waals surface area contributed by atoms with Crippen LogP contribution in [0.15, 0.2) is 213 Å². The molecular weight excluding hydrogens is 1830 g/mol.